The lowest BCUT2D eigenvalue weighted by molar-refractivity contribution is 0.312. The van der Waals surface area contributed by atoms with E-state index in [0.717, 1.165) is 17.4 Å². The van der Waals surface area contributed by atoms with Gasteiger partial charge in [0.15, 0.2) is 0 Å². The molecule has 0 aromatic heterocycles. The first-order valence-corrected chi connectivity index (χ1v) is 7.98. The lowest BCUT2D eigenvalue weighted by Crippen LogP contribution is -2.51. The third kappa shape index (κ3) is 3.33. The first-order chi connectivity index (χ1) is 8.68. The number of sulfonamides is 1. The number of hydrogen-bond acceptors (Lipinski definition) is 3. The normalized spacial score (nSPS) is 15.7. The van der Waals surface area contributed by atoms with E-state index >= 15 is 0 Å². The van der Waals surface area contributed by atoms with Gasteiger partial charge in [-0.1, -0.05) is 24.3 Å². The SMILES string of the molecule is CC(C)(CN1Cc2ccccc2C1=N)NS(C)(=O)=O. The van der Waals surface area contributed by atoms with Gasteiger partial charge in [-0.3, -0.25) is 5.41 Å². The second kappa shape index (κ2) is 4.61. The van der Waals surface area contributed by atoms with E-state index in [1.54, 1.807) is 0 Å². The fourth-order valence-corrected chi connectivity index (χ4v) is 3.56. The van der Waals surface area contributed by atoms with Crippen LogP contribution in [0, 0.1) is 5.41 Å². The zero-order valence-corrected chi connectivity index (χ0v) is 12.2. The molecule has 1 heterocycles. The Labute approximate surface area is 114 Å². The highest BCUT2D eigenvalue weighted by Crippen LogP contribution is 2.23. The van der Waals surface area contributed by atoms with Crippen LogP contribution in [0.4, 0.5) is 0 Å². The maximum atomic E-state index is 11.3. The minimum atomic E-state index is -3.26. The van der Waals surface area contributed by atoms with E-state index in [4.69, 9.17) is 5.41 Å². The van der Waals surface area contributed by atoms with Gasteiger partial charge >= 0.3 is 0 Å². The van der Waals surface area contributed by atoms with E-state index in [-0.39, 0.29) is 0 Å². The van der Waals surface area contributed by atoms with Gasteiger partial charge in [-0.05, 0) is 19.4 Å². The van der Waals surface area contributed by atoms with Gasteiger partial charge in [0, 0.05) is 24.2 Å². The lowest BCUT2D eigenvalue weighted by atomic mass is 10.1. The second-order valence-electron chi connectivity index (χ2n) is 5.62. The summed E-state index contributed by atoms with van der Waals surface area (Å²) in [4.78, 5) is 1.89. The summed E-state index contributed by atoms with van der Waals surface area (Å²) in [6.45, 7) is 4.77. The number of nitrogens with zero attached hydrogens (tertiary/aromatic N) is 1. The maximum Gasteiger partial charge on any atom is 0.209 e. The third-order valence-electron chi connectivity index (χ3n) is 3.00. The van der Waals surface area contributed by atoms with Gasteiger partial charge in [-0.2, -0.15) is 0 Å². The Morgan fingerprint density at radius 3 is 2.58 bits per heavy atom. The number of rotatable bonds is 4. The van der Waals surface area contributed by atoms with E-state index < -0.39 is 15.6 Å². The monoisotopic (exact) mass is 281 g/mol. The van der Waals surface area contributed by atoms with Crippen molar-refractivity contribution < 1.29 is 8.42 Å². The molecule has 0 bridgehead atoms. The van der Waals surface area contributed by atoms with E-state index in [2.05, 4.69) is 4.72 Å². The van der Waals surface area contributed by atoms with Crippen LogP contribution < -0.4 is 4.72 Å². The highest BCUT2D eigenvalue weighted by Gasteiger charge is 2.30. The van der Waals surface area contributed by atoms with Crippen molar-refractivity contribution in [3.8, 4) is 0 Å². The van der Waals surface area contributed by atoms with Gasteiger partial charge < -0.3 is 4.90 Å². The molecule has 6 heteroatoms. The molecular weight excluding hydrogens is 262 g/mol. The van der Waals surface area contributed by atoms with Gasteiger partial charge in [-0.15, -0.1) is 0 Å². The molecule has 0 spiro atoms. The molecule has 19 heavy (non-hydrogen) atoms. The molecule has 0 unspecified atom stereocenters. The Morgan fingerprint density at radius 1 is 1.37 bits per heavy atom. The molecule has 0 radical (unpaired) electrons. The van der Waals surface area contributed by atoms with E-state index in [9.17, 15) is 8.42 Å². The van der Waals surface area contributed by atoms with Crippen LogP contribution in [-0.4, -0.2) is 37.5 Å². The molecule has 0 aliphatic carbocycles. The Morgan fingerprint density at radius 2 is 2.00 bits per heavy atom. The minimum Gasteiger partial charge on any atom is -0.350 e. The van der Waals surface area contributed by atoms with Crippen LogP contribution in [0.15, 0.2) is 24.3 Å². The Hall–Kier alpha value is -1.40. The standard InChI is InChI=1S/C13H19N3O2S/c1-13(2,15-19(3,17)18)9-16-8-10-6-4-5-7-11(10)12(16)14/h4-7,14-15H,8-9H2,1-3H3. The molecule has 1 aliphatic heterocycles. The summed E-state index contributed by atoms with van der Waals surface area (Å²) >= 11 is 0. The van der Waals surface area contributed by atoms with Crippen molar-refractivity contribution in [2.75, 3.05) is 12.8 Å². The summed E-state index contributed by atoms with van der Waals surface area (Å²) in [5, 5.41) is 8.15. The zero-order chi connectivity index (χ0) is 14.3. The fraction of sp³-hybridized carbons (Fsp3) is 0.462. The molecule has 2 rings (SSSR count). The highest BCUT2D eigenvalue weighted by molar-refractivity contribution is 7.88. The Balaban J connectivity index is 2.13. The van der Waals surface area contributed by atoms with Crippen molar-refractivity contribution in [2.45, 2.75) is 25.9 Å². The summed E-state index contributed by atoms with van der Waals surface area (Å²) in [6.07, 6.45) is 1.15. The molecule has 0 atom stereocenters. The predicted molar refractivity (Wildman–Crippen MR) is 75.7 cm³/mol. The van der Waals surface area contributed by atoms with Crippen LogP contribution in [0.2, 0.25) is 0 Å². The van der Waals surface area contributed by atoms with Crippen LogP contribution in [-0.2, 0) is 16.6 Å². The number of fused-ring (bicyclic) bond motifs is 1. The molecule has 1 aliphatic rings. The number of nitrogens with one attached hydrogen (secondary N) is 2. The Kier molecular flexibility index (Phi) is 3.40. The first-order valence-electron chi connectivity index (χ1n) is 6.09. The lowest BCUT2D eigenvalue weighted by Gasteiger charge is -2.31. The number of amidine groups is 1. The number of hydrogen-bond donors (Lipinski definition) is 2. The zero-order valence-electron chi connectivity index (χ0n) is 11.4. The molecule has 0 saturated carbocycles. The summed E-state index contributed by atoms with van der Waals surface area (Å²) < 4.78 is 25.3. The van der Waals surface area contributed by atoms with Crippen LogP contribution in [0.5, 0.6) is 0 Å². The molecule has 0 saturated heterocycles. The summed E-state index contributed by atoms with van der Waals surface area (Å²) in [5.41, 5.74) is 1.43. The average molecular weight is 281 g/mol. The molecule has 0 amide bonds. The van der Waals surface area contributed by atoms with E-state index in [1.807, 2.05) is 43.0 Å². The Bertz CT molecular complexity index is 608. The molecule has 2 N–H and O–H groups in total. The van der Waals surface area contributed by atoms with Crippen molar-refractivity contribution in [1.29, 1.82) is 5.41 Å². The van der Waals surface area contributed by atoms with Crippen molar-refractivity contribution in [2.24, 2.45) is 0 Å². The smallest absolute Gasteiger partial charge is 0.209 e. The molecule has 104 valence electrons. The van der Waals surface area contributed by atoms with Crippen LogP contribution in [0.25, 0.3) is 0 Å². The van der Waals surface area contributed by atoms with E-state index in [0.29, 0.717) is 18.9 Å². The molecule has 1 aromatic rings. The average Bonchev–Trinajstić information content (AvgIpc) is 2.52. The van der Waals surface area contributed by atoms with Gasteiger partial charge in [0.1, 0.15) is 5.84 Å². The van der Waals surface area contributed by atoms with Crippen molar-refractivity contribution in [3.05, 3.63) is 35.4 Å². The largest absolute Gasteiger partial charge is 0.350 e. The fourth-order valence-electron chi connectivity index (χ4n) is 2.49. The van der Waals surface area contributed by atoms with Crippen LogP contribution in [0.1, 0.15) is 25.0 Å². The van der Waals surface area contributed by atoms with Crippen molar-refractivity contribution >= 4 is 15.9 Å². The predicted octanol–water partition coefficient (Wildman–Crippen LogP) is 1.16. The van der Waals surface area contributed by atoms with Gasteiger partial charge in [0.25, 0.3) is 0 Å². The number of benzene rings is 1. The maximum absolute atomic E-state index is 11.3. The van der Waals surface area contributed by atoms with E-state index in [1.165, 1.54) is 0 Å². The third-order valence-corrected chi connectivity index (χ3v) is 3.92. The van der Waals surface area contributed by atoms with Crippen molar-refractivity contribution in [3.63, 3.8) is 0 Å². The van der Waals surface area contributed by atoms with Crippen LogP contribution in [0.3, 0.4) is 0 Å². The summed E-state index contributed by atoms with van der Waals surface area (Å²) in [7, 11) is -3.26. The topological polar surface area (TPSA) is 73.3 Å². The molecular formula is C13H19N3O2S. The molecule has 1 aromatic carbocycles. The van der Waals surface area contributed by atoms with Gasteiger partial charge in [-0.25, -0.2) is 13.1 Å². The van der Waals surface area contributed by atoms with Gasteiger partial charge in [0.2, 0.25) is 10.0 Å². The highest BCUT2D eigenvalue weighted by atomic mass is 32.2. The van der Waals surface area contributed by atoms with Crippen molar-refractivity contribution in [1.82, 2.24) is 9.62 Å². The summed E-state index contributed by atoms with van der Waals surface area (Å²) in [6, 6.07) is 7.79. The molecule has 5 nitrogen and oxygen atoms in total. The summed E-state index contributed by atoms with van der Waals surface area (Å²) in [5.74, 6) is 0.457. The quantitative estimate of drug-likeness (QED) is 0.869. The second-order valence-corrected chi connectivity index (χ2v) is 7.37. The molecule has 0 fully saturated rings. The first kappa shape index (κ1) is 14.0. The van der Waals surface area contributed by atoms with Crippen LogP contribution >= 0.6 is 0 Å². The van der Waals surface area contributed by atoms with Gasteiger partial charge in [0.05, 0.1) is 6.26 Å². The minimum absolute atomic E-state index is 0.457.